The van der Waals surface area contributed by atoms with E-state index in [0.29, 0.717) is 40.5 Å². The molecule has 8 aromatic carbocycles. The van der Waals surface area contributed by atoms with Crippen LogP contribution in [0.1, 0.15) is 5.56 Å². The van der Waals surface area contributed by atoms with Crippen LogP contribution in [0.3, 0.4) is 0 Å². The molecule has 62 heavy (non-hydrogen) atoms. The zero-order chi connectivity index (χ0) is 41.7. The fraction of sp³-hybridized carbons (Fsp3) is 0. The predicted octanol–water partition coefficient (Wildman–Crippen LogP) is 12.9. The molecule has 0 aliphatic heterocycles. The van der Waals surface area contributed by atoms with Gasteiger partial charge in [-0.05, 0) is 57.6 Å². The highest BCUT2D eigenvalue weighted by molar-refractivity contribution is 5.84. The molecular formula is C55H35N7. The fourth-order valence-electron chi connectivity index (χ4n) is 7.50. The molecule has 0 unspecified atom stereocenters. The van der Waals surface area contributed by atoms with Gasteiger partial charge in [0, 0.05) is 33.4 Å². The summed E-state index contributed by atoms with van der Waals surface area (Å²) in [4.78, 5) is 30.3. The maximum atomic E-state index is 9.56. The summed E-state index contributed by atoms with van der Waals surface area (Å²) < 4.78 is 0. The zero-order valence-corrected chi connectivity index (χ0v) is 33.3. The first kappa shape index (κ1) is 37.5. The average Bonchev–Trinajstić information content (AvgIpc) is 3.37. The van der Waals surface area contributed by atoms with Crippen molar-refractivity contribution in [3.05, 3.63) is 218 Å². The number of aromatic nitrogens is 6. The van der Waals surface area contributed by atoms with Crippen molar-refractivity contribution >= 4 is 0 Å². The van der Waals surface area contributed by atoms with Crippen molar-refractivity contribution in [1.82, 2.24) is 29.9 Å². The van der Waals surface area contributed by atoms with Crippen LogP contribution in [0.5, 0.6) is 0 Å². The van der Waals surface area contributed by atoms with Crippen LogP contribution in [0.15, 0.2) is 212 Å². The van der Waals surface area contributed by atoms with E-state index < -0.39 is 0 Å². The van der Waals surface area contributed by atoms with E-state index >= 15 is 0 Å². The summed E-state index contributed by atoms with van der Waals surface area (Å²) >= 11 is 0. The maximum Gasteiger partial charge on any atom is 0.164 e. The molecule has 0 spiro atoms. The molecule has 0 aliphatic carbocycles. The maximum absolute atomic E-state index is 9.56. The molecule has 0 saturated heterocycles. The van der Waals surface area contributed by atoms with Crippen LogP contribution in [-0.2, 0) is 0 Å². The molecule has 2 aromatic heterocycles. The Morgan fingerprint density at radius 1 is 0.242 bits per heavy atom. The fourth-order valence-corrected chi connectivity index (χ4v) is 7.50. The Morgan fingerprint density at radius 2 is 0.581 bits per heavy atom. The number of rotatable bonds is 9. The van der Waals surface area contributed by atoms with Gasteiger partial charge in [0.2, 0.25) is 0 Å². The lowest BCUT2D eigenvalue weighted by Gasteiger charge is -2.13. The van der Waals surface area contributed by atoms with Gasteiger partial charge in [0.1, 0.15) is 0 Å². The Labute approximate surface area is 359 Å². The van der Waals surface area contributed by atoms with E-state index in [1.54, 1.807) is 6.07 Å². The molecule has 0 amide bonds. The standard InChI is InChI=1S/C55H35N7/c56-36-37-15-12-22-43(33-37)44-23-13-25-46(34-44)54-59-51(41-20-8-3-9-21-41)61-55(62-54)49-28-11-10-27-48(49)45-24-14-26-47(35-45)53-58-50(40-18-6-2-7-19-40)57-52(60-53)42-31-29-39(30-32-42)38-16-4-1-5-17-38/h1-35H. The number of hydrogen-bond donors (Lipinski definition) is 0. The third kappa shape index (κ3) is 7.87. The molecular weight excluding hydrogens is 759 g/mol. The first-order chi connectivity index (χ1) is 30.6. The number of hydrogen-bond acceptors (Lipinski definition) is 7. The van der Waals surface area contributed by atoms with Crippen LogP contribution in [0.4, 0.5) is 0 Å². The van der Waals surface area contributed by atoms with Gasteiger partial charge in [-0.2, -0.15) is 5.26 Å². The second-order valence-corrected chi connectivity index (χ2v) is 14.7. The lowest BCUT2D eigenvalue weighted by molar-refractivity contribution is 1.07. The van der Waals surface area contributed by atoms with Gasteiger partial charge >= 0.3 is 0 Å². The summed E-state index contributed by atoms with van der Waals surface area (Å²) in [6.07, 6.45) is 0. The minimum atomic E-state index is 0.540. The molecule has 0 radical (unpaired) electrons. The van der Waals surface area contributed by atoms with Gasteiger partial charge in [-0.25, -0.2) is 29.9 Å². The third-order valence-electron chi connectivity index (χ3n) is 10.6. The van der Waals surface area contributed by atoms with Crippen molar-refractivity contribution in [3.8, 4) is 108 Å². The summed E-state index contributed by atoms with van der Waals surface area (Å²) in [5, 5.41) is 9.56. The summed E-state index contributed by atoms with van der Waals surface area (Å²) in [5.41, 5.74) is 11.9. The third-order valence-corrected chi connectivity index (χ3v) is 10.6. The molecule has 0 fully saturated rings. The van der Waals surface area contributed by atoms with E-state index in [1.807, 2.05) is 146 Å². The van der Waals surface area contributed by atoms with Crippen LogP contribution in [-0.4, -0.2) is 29.9 Å². The quantitative estimate of drug-likeness (QED) is 0.143. The second-order valence-electron chi connectivity index (χ2n) is 14.7. The first-order valence-corrected chi connectivity index (χ1v) is 20.3. The largest absolute Gasteiger partial charge is 0.208 e. The van der Waals surface area contributed by atoms with Gasteiger partial charge in [-0.3, -0.25) is 0 Å². The Kier molecular flexibility index (Phi) is 10.2. The Balaban J connectivity index is 1.07. The summed E-state index contributed by atoms with van der Waals surface area (Å²) in [6, 6.07) is 73.0. The van der Waals surface area contributed by atoms with Crippen LogP contribution in [0.2, 0.25) is 0 Å². The molecule has 0 aliphatic rings. The molecule has 290 valence electrons. The van der Waals surface area contributed by atoms with Crippen molar-refractivity contribution in [1.29, 1.82) is 5.26 Å². The molecule has 0 atom stereocenters. The van der Waals surface area contributed by atoms with Crippen LogP contribution in [0, 0.1) is 11.3 Å². The number of nitriles is 1. The molecule has 10 aromatic rings. The minimum absolute atomic E-state index is 0.540. The molecule has 7 heteroatoms. The van der Waals surface area contributed by atoms with E-state index in [0.717, 1.165) is 66.8 Å². The highest BCUT2D eigenvalue weighted by Gasteiger charge is 2.18. The van der Waals surface area contributed by atoms with Crippen molar-refractivity contribution in [2.24, 2.45) is 0 Å². The lowest BCUT2D eigenvalue weighted by Crippen LogP contribution is -2.01. The van der Waals surface area contributed by atoms with Crippen molar-refractivity contribution in [2.75, 3.05) is 0 Å². The van der Waals surface area contributed by atoms with Crippen LogP contribution in [0.25, 0.3) is 102 Å². The highest BCUT2D eigenvalue weighted by Crippen LogP contribution is 2.35. The summed E-state index contributed by atoms with van der Waals surface area (Å²) in [7, 11) is 0. The normalized spacial score (nSPS) is 10.9. The smallest absolute Gasteiger partial charge is 0.164 e. The van der Waals surface area contributed by atoms with Gasteiger partial charge in [0.15, 0.2) is 34.9 Å². The first-order valence-electron chi connectivity index (χ1n) is 20.3. The second kappa shape index (κ2) is 16.9. The van der Waals surface area contributed by atoms with Crippen molar-refractivity contribution in [2.45, 2.75) is 0 Å². The van der Waals surface area contributed by atoms with E-state index in [1.165, 1.54) is 0 Å². The monoisotopic (exact) mass is 793 g/mol. The van der Waals surface area contributed by atoms with E-state index in [4.69, 9.17) is 29.9 Å². The summed E-state index contributed by atoms with van der Waals surface area (Å²) in [5.74, 6) is 3.39. The van der Waals surface area contributed by atoms with Gasteiger partial charge in [0.05, 0.1) is 11.6 Å². The Bertz CT molecular complexity index is 3240. The Hall–Kier alpha value is -8.73. The predicted molar refractivity (Wildman–Crippen MR) is 247 cm³/mol. The number of nitrogens with zero attached hydrogens (tertiary/aromatic N) is 7. The highest BCUT2D eigenvalue weighted by atomic mass is 15.0. The molecule has 10 rings (SSSR count). The molecule has 2 heterocycles. The molecule has 7 nitrogen and oxygen atoms in total. The topological polar surface area (TPSA) is 101 Å². The van der Waals surface area contributed by atoms with Crippen molar-refractivity contribution in [3.63, 3.8) is 0 Å². The SMILES string of the molecule is N#Cc1cccc(-c2cccc(-c3nc(-c4ccccc4)nc(-c4ccccc4-c4cccc(-c5nc(-c6ccccc6)nc(-c6ccc(-c7ccccc7)cc6)n5)c4)n3)c2)c1. The number of benzene rings is 8. The van der Waals surface area contributed by atoms with E-state index in [-0.39, 0.29) is 0 Å². The van der Waals surface area contributed by atoms with Crippen LogP contribution >= 0.6 is 0 Å². The minimum Gasteiger partial charge on any atom is -0.208 e. The van der Waals surface area contributed by atoms with Gasteiger partial charge in [0.25, 0.3) is 0 Å². The van der Waals surface area contributed by atoms with Crippen molar-refractivity contribution < 1.29 is 0 Å². The van der Waals surface area contributed by atoms with Gasteiger partial charge in [-0.1, -0.05) is 188 Å². The molecule has 0 N–H and O–H groups in total. The molecule has 0 bridgehead atoms. The lowest BCUT2D eigenvalue weighted by atomic mass is 9.97. The van der Waals surface area contributed by atoms with E-state index in [2.05, 4.69) is 66.7 Å². The Morgan fingerprint density at radius 3 is 1.13 bits per heavy atom. The summed E-state index contributed by atoms with van der Waals surface area (Å²) in [6.45, 7) is 0. The average molecular weight is 794 g/mol. The van der Waals surface area contributed by atoms with Gasteiger partial charge < -0.3 is 0 Å². The zero-order valence-electron chi connectivity index (χ0n) is 33.3. The van der Waals surface area contributed by atoms with E-state index in [9.17, 15) is 5.26 Å². The van der Waals surface area contributed by atoms with Crippen LogP contribution < -0.4 is 0 Å². The van der Waals surface area contributed by atoms with Gasteiger partial charge in [-0.15, -0.1) is 0 Å². The molecule has 0 saturated carbocycles.